The van der Waals surface area contributed by atoms with Gasteiger partial charge in [-0.3, -0.25) is 15.1 Å². The standard InChI is InChI=1S/C21H26Cl2N4O2S3/c1-29-17-12-15(6-7-16(17)26-13-18(23)25-14-26)27(20(24)30-2)19(28)21(8-3-4-9-22)31-10-5-11-32-21/h6-7,12-14,24H,3-5,8-11H2,1-2H3. The van der Waals surface area contributed by atoms with E-state index in [1.165, 1.54) is 16.7 Å². The topological polar surface area (TPSA) is 71.2 Å². The van der Waals surface area contributed by atoms with Crippen molar-refractivity contribution in [2.75, 3.05) is 35.7 Å². The van der Waals surface area contributed by atoms with Gasteiger partial charge in [-0.05, 0) is 55.6 Å². The second kappa shape index (κ2) is 11.9. The Bertz CT molecular complexity index is 951. The Labute approximate surface area is 211 Å². The first-order valence-corrected chi connectivity index (χ1v) is 14.3. The van der Waals surface area contributed by atoms with E-state index >= 15 is 0 Å². The van der Waals surface area contributed by atoms with Gasteiger partial charge in [0.1, 0.15) is 21.3 Å². The van der Waals surface area contributed by atoms with Crippen molar-refractivity contribution in [3.05, 3.63) is 35.9 Å². The van der Waals surface area contributed by atoms with Crippen LogP contribution in [0.2, 0.25) is 5.15 Å². The van der Waals surface area contributed by atoms with Gasteiger partial charge < -0.3 is 9.30 Å². The third kappa shape index (κ3) is 5.73. The molecule has 2 aromatic rings. The number of hydrogen-bond acceptors (Lipinski definition) is 7. The smallest absolute Gasteiger partial charge is 0.259 e. The minimum Gasteiger partial charge on any atom is -0.494 e. The number of unbranched alkanes of at least 4 members (excludes halogenated alkanes) is 1. The molecule has 1 N–H and O–H groups in total. The van der Waals surface area contributed by atoms with E-state index in [-0.39, 0.29) is 11.1 Å². The molecule has 174 valence electrons. The number of halogens is 2. The van der Waals surface area contributed by atoms with Gasteiger partial charge in [0.2, 0.25) is 0 Å². The van der Waals surface area contributed by atoms with E-state index in [9.17, 15) is 4.79 Å². The summed E-state index contributed by atoms with van der Waals surface area (Å²) in [6.45, 7) is 0. The van der Waals surface area contributed by atoms with Gasteiger partial charge in [0, 0.05) is 18.1 Å². The van der Waals surface area contributed by atoms with Gasteiger partial charge >= 0.3 is 0 Å². The maximum absolute atomic E-state index is 14.0. The molecule has 0 atom stereocenters. The van der Waals surface area contributed by atoms with Crippen LogP contribution in [0.5, 0.6) is 5.75 Å². The number of aromatic nitrogens is 2. The number of amides is 1. The van der Waals surface area contributed by atoms with Gasteiger partial charge in [0.25, 0.3) is 5.91 Å². The Balaban J connectivity index is 1.99. The van der Waals surface area contributed by atoms with Gasteiger partial charge in [-0.1, -0.05) is 23.4 Å². The lowest BCUT2D eigenvalue weighted by Crippen LogP contribution is -2.48. The largest absolute Gasteiger partial charge is 0.494 e. The van der Waals surface area contributed by atoms with Crippen LogP contribution >= 0.6 is 58.5 Å². The number of ether oxygens (including phenoxy) is 1. The van der Waals surface area contributed by atoms with Crippen molar-refractivity contribution in [3.8, 4) is 11.4 Å². The number of imidazole rings is 1. The number of benzene rings is 1. The summed E-state index contributed by atoms with van der Waals surface area (Å²) in [6.07, 6.45) is 8.65. The van der Waals surface area contributed by atoms with Gasteiger partial charge in [-0.2, -0.15) is 0 Å². The van der Waals surface area contributed by atoms with E-state index in [4.69, 9.17) is 33.3 Å². The first-order chi connectivity index (χ1) is 15.5. The number of rotatable bonds is 8. The predicted octanol–water partition coefficient (Wildman–Crippen LogP) is 6.14. The number of thioether (sulfide) groups is 3. The first kappa shape index (κ1) is 25.6. The molecule has 0 radical (unpaired) electrons. The third-order valence-corrected chi connectivity index (χ3v) is 9.44. The van der Waals surface area contributed by atoms with E-state index in [0.29, 0.717) is 22.5 Å². The molecule has 6 nitrogen and oxygen atoms in total. The SMILES string of the molecule is COc1cc(N(C(=N)SC)C(=O)C2(CCCCCl)SCCCS2)ccc1-n1cnc(Cl)c1. The number of methoxy groups -OCH3 is 1. The normalized spacial score (nSPS) is 15.4. The van der Waals surface area contributed by atoms with Gasteiger partial charge in [0.05, 0.1) is 18.5 Å². The molecule has 0 bridgehead atoms. The van der Waals surface area contributed by atoms with Crippen LogP contribution in [-0.2, 0) is 4.79 Å². The zero-order chi connectivity index (χ0) is 23.1. The Kier molecular flexibility index (Phi) is 9.55. The molecule has 1 amide bonds. The number of hydrogen-bond donors (Lipinski definition) is 1. The molecule has 11 heteroatoms. The summed E-state index contributed by atoms with van der Waals surface area (Å²) in [5.41, 5.74) is 1.35. The molecule has 3 rings (SSSR count). The van der Waals surface area contributed by atoms with Crippen LogP contribution in [-0.4, -0.2) is 55.5 Å². The van der Waals surface area contributed by atoms with Crippen molar-refractivity contribution in [2.45, 2.75) is 29.8 Å². The van der Waals surface area contributed by atoms with Crippen LogP contribution in [0.25, 0.3) is 5.69 Å². The summed E-state index contributed by atoms with van der Waals surface area (Å²) in [7, 11) is 1.58. The lowest BCUT2D eigenvalue weighted by Gasteiger charge is -2.38. The van der Waals surface area contributed by atoms with Crippen molar-refractivity contribution in [1.29, 1.82) is 5.41 Å². The van der Waals surface area contributed by atoms with Crippen molar-refractivity contribution < 1.29 is 9.53 Å². The summed E-state index contributed by atoms with van der Waals surface area (Å²) in [5, 5.41) is 9.14. The molecule has 0 unspecified atom stereocenters. The van der Waals surface area contributed by atoms with Crippen LogP contribution in [0.4, 0.5) is 5.69 Å². The minimum absolute atomic E-state index is 0.0680. The van der Waals surface area contributed by atoms with E-state index in [0.717, 1.165) is 42.9 Å². The highest BCUT2D eigenvalue weighted by Crippen LogP contribution is 2.48. The van der Waals surface area contributed by atoms with E-state index in [1.54, 1.807) is 53.8 Å². The van der Waals surface area contributed by atoms with Gasteiger partial charge in [-0.25, -0.2) is 4.98 Å². The van der Waals surface area contributed by atoms with Crippen LogP contribution in [0, 0.1) is 5.41 Å². The molecule has 1 aromatic heterocycles. The Morgan fingerprint density at radius 3 is 2.72 bits per heavy atom. The molecule has 0 spiro atoms. The number of anilines is 1. The Hall–Kier alpha value is -1.00. The third-order valence-electron chi connectivity index (χ3n) is 5.02. The molecule has 1 aliphatic heterocycles. The van der Waals surface area contributed by atoms with Gasteiger partial charge in [-0.15, -0.1) is 35.1 Å². The second-order valence-electron chi connectivity index (χ2n) is 7.06. The number of nitrogens with one attached hydrogen (secondary N) is 1. The van der Waals surface area contributed by atoms with Crippen molar-refractivity contribution >= 4 is 75.2 Å². The maximum Gasteiger partial charge on any atom is 0.259 e. The first-order valence-electron chi connectivity index (χ1n) is 10.1. The molecule has 32 heavy (non-hydrogen) atoms. The fourth-order valence-electron chi connectivity index (χ4n) is 3.44. The monoisotopic (exact) mass is 532 g/mol. The molecule has 0 saturated carbocycles. The average Bonchev–Trinajstić information content (AvgIpc) is 3.25. The fraction of sp³-hybridized carbons (Fsp3) is 0.476. The summed E-state index contributed by atoms with van der Waals surface area (Å²) in [6, 6.07) is 5.47. The highest BCUT2D eigenvalue weighted by molar-refractivity contribution is 8.20. The maximum atomic E-state index is 14.0. The summed E-state index contributed by atoms with van der Waals surface area (Å²) in [4.78, 5) is 19.6. The van der Waals surface area contributed by atoms with E-state index in [1.807, 2.05) is 18.4 Å². The Morgan fingerprint density at radius 2 is 2.12 bits per heavy atom. The number of nitrogens with zero attached hydrogens (tertiary/aromatic N) is 3. The van der Waals surface area contributed by atoms with Crippen LogP contribution < -0.4 is 9.64 Å². The fourth-order valence-corrected chi connectivity index (χ4v) is 7.41. The minimum atomic E-state index is -0.615. The zero-order valence-electron chi connectivity index (χ0n) is 18.0. The summed E-state index contributed by atoms with van der Waals surface area (Å²) in [5.74, 6) is 2.94. The molecule has 0 aliphatic carbocycles. The van der Waals surface area contributed by atoms with E-state index < -0.39 is 4.08 Å². The zero-order valence-corrected chi connectivity index (χ0v) is 21.9. The lowest BCUT2D eigenvalue weighted by molar-refractivity contribution is -0.118. The van der Waals surface area contributed by atoms with E-state index in [2.05, 4.69) is 4.98 Å². The molecule has 2 heterocycles. The molecule has 1 aromatic carbocycles. The molecular formula is C21H26Cl2N4O2S3. The molecule has 1 fully saturated rings. The van der Waals surface area contributed by atoms with Crippen molar-refractivity contribution in [2.24, 2.45) is 0 Å². The van der Waals surface area contributed by atoms with Crippen molar-refractivity contribution in [1.82, 2.24) is 9.55 Å². The van der Waals surface area contributed by atoms with Crippen LogP contribution in [0.1, 0.15) is 25.7 Å². The molecule has 1 saturated heterocycles. The highest BCUT2D eigenvalue weighted by atomic mass is 35.5. The number of amidine groups is 1. The number of carbonyl (C=O) groups excluding carboxylic acids is 1. The van der Waals surface area contributed by atoms with Gasteiger partial charge in [0.15, 0.2) is 5.17 Å². The number of carbonyl (C=O) groups is 1. The molecule has 1 aliphatic rings. The summed E-state index contributed by atoms with van der Waals surface area (Å²) < 4.78 is 6.76. The number of alkyl halides is 1. The predicted molar refractivity (Wildman–Crippen MR) is 141 cm³/mol. The average molecular weight is 534 g/mol. The van der Waals surface area contributed by atoms with Crippen molar-refractivity contribution in [3.63, 3.8) is 0 Å². The van der Waals surface area contributed by atoms with Crippen LogP contribution in [0.3, 0.4) is 0 Å². The summed E-state index contributed by atoms with van der Waals surface area (Å²) >= 11 is 16.5. The highest BCUT2D eigenvalue weighted by Gasteiger charge is 2.45. The van der Waals surface area contributed by atoms with Crippen LogP contribution in [0.15, 0.2) is 30.7 Å². The Morgan fingerprint density at radius 1 is 1.38 bits per heavy atom. The quantitative estimate of drug-likeness (QED) is 0.190. The second-order valence-corrected chi connectivity index (χ2v) is 11.7. The lowest BCUT2D eigenvalue weighted by atomic mass is 10.1. The molecular weight excluding hydrogens is 507 g/mol.